The van der Waals surface area contributed by atoms with Gasteiger partial charge in [0, 0.05) is 30.3 Å². The van der Waals surface area contributed by atoms with Crippen LogP contribution in [0, 0.1) is 23.7 Å². The molecule has 9 nitrogen and oxygen atoms in total. The topological polar surface area (TPSA) is 123 Å². The number of hydrogen-bond donors (Lipinski definition) is 5. The van der Waals surface area contributed by atoms with Crippen molar-refractivity contribution in [3.8, 4) is 23.7 Å². The average Bonchev–Trinajstić information content (AvgIpc) is 2.89. The number of hydroxylamine groups is 1. The highest BCUT2D eigenvalue weighted by atomic mass is 19.3. The monoisotopic (exact) mass is 525 g/mol. The highest BCUT2D eigenvalue weighted by Gasteiger charge is 2.48. The van der Waals surface area contributed by atoms with E-state index < -0.39 is 35.9 Å². The number of benzene rings is 2. The van der Waals surface area contributed by atoms with E-state index >= 15 is 0 Å². The lowest BCUT2D eigenvalue weighted by atomic mass is 9.91. The zero-order chi connectivity index (χ0) is 28.3. The van der Waals surface area contributed by atoms with Crippen molar-refractivity contribution in [2.45, 2.75) is 31.5 Å². The molecule has 0 radical (unpaired) electrons. The number of carbonyl (C=O) groups excluding carboxylic acids is 3. The van der Waals surface area contributed by atoms with Gasteiger partial charge in [0.05, 0.1) is 0 Å². The van der Waals surface area contributed by atoms with Crippen LogP contribution < -0.4 is 21.4 Å². The van der Waals surface area contributed by atoms with Crippen molar-refractivity contribution < 1.29 is 28.4 Å². The van der Waals surface area contributed by atoms with Crippen LogP contribution in [-0.2, 0) is 11.3 Å². The summed E-state index contributed by atoms with van der Waals surface area (Å²) in [7, 11) is 5.18. The molecule has 0 fully saturated rings. The van der Waals surface area contributed by atoms with Gasteiger partial charge in [-0.25, -0.2) is 19.1 Å². The van der Waals surface area contributed by atoms with Crippen LogP contribution in [0.3, 0.4) is 0 Å². The molecule has 2 unspecified atom stereocenters. The van der Waals surface area contributed by atoms with Gasteiger partial charge in [-0.05, 0) is 74.8 Å². The van der Waals surface area contributed by atoms with E-state index in [9.17, 15) is 23.2 Å². The molecule has 2 aromatic rings. The van der Waals surface area contributed by atoms with Gasteiger partial charge in [0.2, 0.25) is 0 Å². The number of nitrogens with one attached hydrogen (secondary N) is 4. The zero-order valence-electron chi connectivity index (χ0n) is 21.4. The smallest absolute Gasteiger partial charge is 0.315 e. The summed E-state index contributed by atoms with van der Waals surface area (Å²) in [5.41, 5.74) is 1.26. The average molecular weight is 526 g/mol. The molecular formula is C27H29F2N5O4. The van der Waals surface area contributed by atoms with Crippen molar-refractivity contribution in [2.24, 2.45) is 0 Å². The van der Waals surface area contributed by atoms with Crippen LogP contribution in [0.5, 0.6) is 0 Å². The maximum absolute atomic E-state index is 13.9. The van der Waals surface area contributed by atoms with Crippen molar-refractivity contribution in [3.63, 3.8) is 0 Å². The molecule has 0 bridgehead atoms. The lowest BCUT2D eigenvalue weighted by molar-refractivity contribution is -0.135. The van der Waals surface area contributed by atoms with Gasteiger partial charge in [-0.1, -0.05) is 24.0 Å². The SMILES string of the molecule is CNC(=O)NC(C)(C(F)F)C(NC(=O)c1ccc(C#CC#Cc2ccc(CN(C)C)cc2)cc1)C(=O)NO. The summed E-state index contributed by atoms with van der Waals surface area (Å²) in [6.45, 7) is 1.69. The molecule has 38 heavy (non-hydrogen) atoms. The van der Waals surface area contributed by atoms with Crippen molar-refractivity contribution >= 4 is 17.8 Å². The third-order valence-corrected chi connectivity index (χ3v) is 5.39. The highest BCUT2D eigenvalue weighted by Crippen LogP contribution is 2.21. The largest absolute Gasteiger partial charge is 0.341 e. The minimum atomic E-state index is -3.28. The Morgan fingerprint density at radius 1 is 0.974 bits per heavy atom. The van der Waals surface area contributed by atoms with E-state index in [1.165, 1.54) is 42.4 Å². The maximum atomic E-state index is 13.9. The summed E-state index contributed by atoms with van der Waals surface area (Å²) in [5, 5.41) is 15.2. The maximum Gasteiger partial charge on any atom is 0.315 e. The molecular weight excluding hydrogens is 496 g/mol. The second kappa shape index (κ2) is 13.7. The molecule has 0 aliphatic carbocycles. The van der Waals surface area contributed by atoms with Crippen LogP contribution in [-0.4, -0.2) is 67.1 Å². The Morgan fingerprint density at radius 2 is 1.50 bits per heavy atom. The zero-order valence-corrected chi connectivity index (χ0v) is 21.4. The van der Waals surface area contributed by atoms with E-state index in [1.54, 1.807) is 0 Å². The Hall–Kier alpha value is -4.45. The third kappa shape index (κ3) is 8.30. The lowest BCUT2D eigenvalue weighted by Crippen LogP contribution is -2.69. The van der Waals surface area contributed by atoms with Gasteiger partial charge in [-0.2, -0.15) is 0 Å². The normalized spacial score (nSPS) is 12.7. The molecule has 5 N–H and O–H groups in total. The molecule has 0 aliphatic rings. The Balaban J connectivity index is 2.13. The van der Waals surface area contributed by atoms with Crippen LogP contribution in [0.15, 0.2) is 48.5 Å². The fraction of sp³-hybridized carbons (Fsp3) is 0.296. The summed E-state index contributed by atoms with van der Waals surface area (Å²) in [5.74, 6) is 9.05. The first-order valence-electron chi connectivity index (χ1n) is 11.4. The van der Waals surface area contributed by atoms with E-state index in [-0.39, 0.29) is 5.56 Å². The molecule has 200 valence electrons. The molecule has 4 amide bonds. The highest BCUT2D eigenvalue weighted by molar-refractivity contribution is 5.98. The molecule has 2 atom stereocenters. The van der Waals surface area contributed by atoms with Gasteiger partial charge in [0.25, 0.3) is 18.2 Å². The Morgan fingerprint density at radius 3 is 1.95 bits per heavy atom. The predicted molar refractivity (Wildman–Crippen MR) is 137 cm³/mol. The minimum Gasteiger partial charge on any atom is -0.341 e. The number of alkyl halides is 2. The van der Waals surface area contributed by atoms with Gasteiger partial charge in [-0.3, -0.25) is 14.8 Å². The lowest BCUT2D eigenvalue weighted by Gasteiger charge is -2.36. The van der Waals surface area contributed by atoms with E-state index in [0.717, 1.165) is 19.0 Å². The first-order chi connectivity index (χ1) is 18.0. The van der Waals surface area contributed by atoms with Crippen LogP contribution in [0.2, 0.25) is 0 Å². The summed E-state index contributed by atoms with van der Waals surface area (Å²) in [4.78, 5) is 38.6. The number of nitrogens with zero attached hydrogens (tertiary/aromatic N) is 1. The summed E-state index contributed by atoms with van der Waals surface area (Å²) in [6, 6.07) is 10.6. The Bertz CT molecular complexity index is 1260. The molecule has 11 heteroatoms. The number of hydrogen-bond acceptors (Lipinski definition) is 5. The van der Waals surface area contributed by atoms with Crippen LogP contribution in [0.1, 0.15) is 34.0 Å². The second-order valence-corrected chi connectivity index (χ2v) is 8.68. The van der Waals surface area contributed by atoms with E-state index in [0.29, 0.717) is 5.56 Å². The van der Waals surface area contributed by atoms with E-state index in [2.05, 4.69) is 39.2 Å². The molecule has 0 saturated heterocycles. The van der Waals surface area contributed by atoms with Crippen LogP contribution in [0.4, 0.5) is 13.6 Å². The van der Waals surface area contributed by atoms with Gasteiger partial charge >= 0.3 is 6.03 Å². The standard InChI is InChI=1S/C27H29F2N5O4/c1-27(25(28)29,32-26(37)30-2)22(24(36)33-38)31-23(35)21-15-13-19(14-16-21)8-6-5-7-18-9-11-20(12-10-18)17-34(3)4/h9-16,22,25,38H,17H2,1-4H3,(H,31,35)(H,33,36)(H2,30,32,37). The van der Waals surface area contributed by atoms with Crippen LogP contribution in [0.25, 0.3) is 0 Å². The molecule has 0 aromatic heterocycles. The molecule has 2 aromatic carbocycles. The molecule has 0 spiro atoms. The number of rotatable bonds is 8. The van der Waals surface area contributed by atoms with Gasteiger partial charge < -0.3 is 20.9 Å². The third-order valence-electron chi connectivity index (χ3n) is 5.39. The number of amides is 4. The molecule has 0 saturated carbocycles. The number of halogens is 2. The fourth-order valence-corrected chi connectivity index (χ4v) is 3.30. The summed E-state index contributed by atoms with van der Waals surface area (Å²) >= 11 is 0. The molecule has 0 aliphatic heterocycles. The Kier molecular flexibility index (Phi) is 10.8. The predicted octanol–water partition coefficient (Wildman–Crippen LogP) is 1.71. The first-order valence-corrected chi connectivity index (χ1v) is 11.4. The van der Waals surface area contributed by atoms with Gasteiger partial charge in [-0.15, -0.1) is 0 Å². The summed E-state index contributed by atoms with van der Waals surface area (Å²) in [6.07, 6.45) is -3.28. The fourth-order valence-electron chi connectivity index (χ4n) is 3.30. The minimum absolute atomic E-state index is 0.0340. The summed E-state index contributed by atoms with van der Waals surface area (Å²) < 4.78 is 27.7. The Labute approximate surface area is 219 Å². The van der Waals surface area contributed by atoms with Crippen molar-refractivity contribution in [1.82, 2.24) is 26.3 Å². The van der Waals surface area contributed by atoms with Crippen molar-refractivity contribution in [1.29, 1.82) is 0 Å². The molecule has 0 heterocycles. The van der Waals surface area contributed by atoms with Gasteiger partial charge in [0.15, 0.2) is 0 Å². The van der Waals surface area contributed by atoms with Crippen LogP contribution >= 0.6 is 0 Å². The van der Waals surface area contributed by atoms with Crippen molar-refractivity contribution in [3.05, 3.63) is 70.8 Å². The van der Waals surface area contributed by atoms with Gasteiger partial charge in [0.1, 0.15) is 11.6 Å². The number of carbonyl (C=O) groups is 3. The number of urea groups is 1. The van der Waals surface area contributed by atoms with Crippen molar-refractivity contribution in [2.75, 3.05) is 21.1 Å². The molecule has 2 rings (SSSR count). The first kappa shape index (κ1) is 29.8. The second-order valence-electron chi connectivity index (χ2n) is 8.68. The quantitative estimate of drug-likeness (QED) is 0.204. The van der Waals surface area contributed by atoms with E-state index in [4.69, 9.17) is 5.21 Å². The van der Waals surface area contributed by atoms with E-state index in [1.807, 2.05) is 43.7 Å².